The molecule has 2 rings (SSSR count). The number of halogens is 1. The lowest BCUT2D eigenvalue weighted by Gasteiger charge is -2.17. The van der Waals surface area contributed by atoms with Crippen LogP contribution in [0.3, 0.4) is 0 Å². The highest BCUT2D eigenvalue weighted by Crippen LogP contribution is 2.59. The van der Waals surface area contributed by atoms with Crippen LogP contribution in [0.25, 0.3) is 0 Å². The van der Waals surface area contributed by atoms with Crippen molar-refractivity contribution in [2.75, 3.05) is 0 Å². The van der Waals surface area contributed by atoms with Gasteiger partial charge < -0.3 is 0 Å². The number of hydrogen-bond donors (Lipinski definition) is 0. The van der Waals surface area contributed by atoms with Gasteiger partial charge in [-0.15, -0.1) is 6.58 Å². The van der Waals surface area contributed by atoms with Crippen molar-refractivity contribution in [2.45, 2.75) is 90.5 Å². The Hall–Kier alpha value is -0.640. The highest BCUT2D eigenvalue weighted by atomic mass is 127. The van der Waals surface area contributed by atoms with Crippen molar-refractivity contribution in [3.63, 3.8) is 0 Å². The van der Waals surface area contributed by atoms with Gasteiger partial charge in [-0.3, -0.25) is 4.99 Å². The van der Waals surface area contributed by atoms with Gasteiger partial charge in [-0.2, -0.15) is 0 Å². The molecular formula is C29H46IN. The molecule has 0 amide bonds. The summed E-state index contributed by atoms with van der Waals surface area (Å²) in [7, 11) is 0. The molecule has 0 aromatic rings. The Morgan fingerprint density at radius 1 is 1.29 bits per heavy atom. The monoisotopic (exact) mass is 535 g/mol. The highest BCUT2D eigenvalue weighted by Gasteiger charge is 2.51. The Morgan fingerprint density at radius 3 is 2.52 bits per heavy atom. The van der Waals surface area contributed by atoms with E-state index in [1.54, 1.807) is 5.57 Å². The van der Waals surface area contributed by atoms with Crippen molar-refractivity contribution < 1.29 is 0 Å². The third kappa shape index (κ3) is 7.17. The Bertz CT molecular complexity index is 727. The minimum absolute atomic E-state index is 0.130. The van der Waals surface area contributed by atoms with Crippen LogP contribution in [0.4, 0.5) is 0 Å². The minimum Gasteiger partial charge on any atom is -0.293 e. The van der Waals surface area contributed by atoms with Gasteiger partial charge in [-0.1, -0.05) is 98.7 Å². The summed E-state index contributed by atoms with van der Waals surface area (Å²) in [4.78, 5) is 4.80. The van der Waals surface area contributed by atoms with Crippen LogP contribution in [0.1, 0.15) is 80.6 Å². The summed E-state index contributed by atoms with van der Waals surface area (Å²) >= 11 is 2.54. The summed E-state index contributed by atoms with van der Waals surface area (Å²) in [5.41, 5.74) is 4.44. The molecule has 0 aromatic carbocycles. The molecule has 0 bridgehead atoms. The van der Waals surface area contributed by atoms with Gasteiger partial charge in [0.1, 0.15) is 0 Å². The molecule has 7 unspecified atom stereocenters. The summed E-state index contributed by atoms with van der Waals surface area (Å²) in [5, 5.41) is 0. The van der Waals surface area contributed by atoms with Crippen LogP contribution in [-0.2, 0) is 0 Å². The van der Waals surface area contributed by atoms with Gasteiger partial charge in [-0.05, 0) is 75.8 Å². The fourth-order valence-corrected chi connectivity index (χ4v) is 5.92. The van der Waals surface area contributed by atoms with E-state index in [-0.39, 0.29) is 5.41 Å². The van der Waals surface area contributed by atoms with Gasteiger partial charge >= 0.3 is 0 Å². The fraction of sp³-hybridized carbons (Fsp3) is 0.690. The zero-order valence-electron chi connectivity index (χ0n) is 21.1. The van der Waals surface area contributed by atoms with E-state index in [4.69, 9.17) is 4.99 Å². The summed E-state index contributed by atoms with van der Waals surface area (Å²) in [6.45, 7) is 24.4. The van der Waals surface area contributed by atoms with Crippen molar-refractivity contribution in [3.8, 4) is 0 Å². The van der Waals surface area contributed by atoms with E-state index in [9.17, 15) is 0 Å². The first-order valence-electron chi connectivity index (χ1n) is 12.4. The van der Waals surface area contributed by atoms with E-state index < -0.39 is 0 Å². The molecule has 174 valence electrons. The van der Waals surface area contributed by atoms with Crippen LogP contribution in [0.15, 0.2) is 53.1 Å². The average molecular weight is 536 g/mol. The van der Waals surface area contributed by atoms with Gasteiger partial charge in [0, 0.05) is 15.3 Å². The molecule has 1 nitrogen and oxygen atoms in total. The summed E-state index contributed by atoms with van der Waals surface area (Å²) in [6.07, 6.45) is 15.4. The van der Waals surface area contributed by atoms with Crippen LogP contribution in [0, 0.1) is 35.0 Å². The second-order valence-corrected chi connectivity index (χ2v) is 12.6. The predicted octanol–water partition coefficient (Wildman–Crippen LogP) is 9.01. The van der Waals surface area contributed by atoms with E-state index in [0.717, 1.165) is 24.2 Å². The zero-order valence-corrected chi connectivity index (χ0v) is 23.3. The Balaban J connectivity index is 1.82. The molecule has 2 fully saturated rings. The normalized spacial score (nSPS) is 32.6. The van der Waals surface area contributed by atoms with Gasteiger partial charge in [0.05, 0.1) is 6.04 Å². The lowest BCUT2D eigenvalue weighted by atomic mass is 9.90. The maximum Gasteiger partial charge on any atom is 0.0610 e. The molecule has 0 radical (unpaired) electrons. The van der Waals surface area contributed by atoms with E-state index in [2.05, 4.69) is 103 Å². The van der Waals surface area contributed by atoms with Gasteiger partial charge in [-0.25, -0.2) is 0 Å². The first kappa shape index (κ1) is 26.6. The quantitative estimate of drug-likeness (QED) is 0.0966. The fourth-order valence-electron chi connectivity index (χ4n) is 5.37. The molecule has 31 heavy (non-hydrogen) atoms. The lowest BCUT2D eigenvalue weighted by Crippen LogP contribution is -2.16. The van der Waals surface area contributed by atoms with Crippen LogP contribution >= 0.6 is 22.6 Å². The van der Waals surface area contributed by atoms with Gasteiger partial charge in [0.15, 0.2) is 0 Å². The first-order valence-corrected chi connectivity index (χ1v) is 13.6. The molecule has 0 heterocycles. The molecule has 2 aliphatic carbocycles. The molecule has 0 N–H and O–H groups in total. The maximum absolute atomic E-state index is 4.80. The number of rotatable bonds is 13. The average Bonchev–Trinajstić information content (AvgIpc) is 3.57. The molecule has 0 aromatic heterocycles. The SMILES string of the molecule is C=CC1C(=C)C1(C)/C=C(\C)C(C)/C=C(/C)CC(C)C1CC1CCC(/N=C/CC)[C@H](C)I. The summed E-state index contributed by atoms with van der Waals surface area (Å²) < 4.78 is 0.620. The van der Waals surface area contributed by atoms with E-state index >= 15 is 0 Å². The molecule has 0 aliphatic heterocycles. The third-order valence-corrected chi connectivity index (χ3v) is 8.67. The second-order valence-electron chi connectivity index (χ2n) is 10.6. The number of hydrogen-bond acceptors (Lipinski definition) is 1. The smallest absolute Gasteiger partial charge is 0.0610 e. The van der Waals surface area contributed by atoms with Crippen molar-refractivity contribution in [1.82, 2.24) is 0 Å². The van der Waals surface area contributed by atoms with Crippen LogP contribution in [0.5, 0.6) is 0 Å². The Labute approximate surface area is 206 Å². The van der Waals surface area contributed by atoms with E-state index in [1.165, 1.54) is 36.8 Å². The van der Waals surface area contributed by atoms with Crippen molar-refractivity contribution in [2.24, 2.45) is 40.0 Å². The Morgan fingerprint density at radius 2 is 1.97 bits per heavy atom. The topological polar surface area (TPSA) is 12.4 Å². The summed E-state index contributed by atoms with van der Waals surface area (Å²) in [6, 6.07) is 0.499. The third-order valence-electron chi connectivity index (χ3n) is 7.84. The molecular weight excluding hydrogens is 489 g/mol. The number of allylic oxidation sites excluding steroid dienone is 6. The molecule has 2 heteroatoms. The minimum atomic E-state index is 0.130. The second kappa shape index (κ2) is 11.5. The summed E-state index contributed by atoms with van der Waals surface area (Å²) in [5.74, 6) is 3.57. The maximum atomic E-state index is 4.80. The number of alkyl halides is 1. The predicted molar refractivity (Wildman–Crippen MR) is 148 cm³/mol. The molecule has 0 saturated heterocycles. The largest absolute Gasteiger partial charge is 0.293 e. The molecule has 2 aliphatic rings. The molecule has 2 saturated carbocycles. The molecule has 8 atom stereocenters. The van der Waals surface area contributed by atoms with Crippen molar-refractivity contribution >= 4 is 28.8 Å². The zero-order chi connectivity index (χ0) is 23.3. The number of nitrogens with zero attached hydrogens (tertiary/aromatic N) is 1. The highest BCUT2D eigenvalue weighted by molar-refractivity contribution is 14.1. The lowest BCUT2D eigenvalue weighted by molar-refractivity contribution is 0.445. The number of aliphatic imine (C=N–C) groups is 1. The van der Waals surface area contributed by atoms with E-state index in [0.29, 0.717) is 21.8 Å². The van der Waals surface area contributed by atoms with Gasteiger partial charge in [0.2, 0.25) is 0 Å². The van der Waals surface area contributed by atoms with Crippen LogP contribution in [-0.4, -0.2) is 16.2 Å². The van der Waals surface area contributed by atoms with Crippen LogP contribution in [0.2, 0.25) is 0 Å². The van der Waals surface area contributed by atoms with Gasteiger partial charge in [0.25, 0.3) is 0 Å². The van der Waals surface area contributed by atoms with Crippen molar-refractivity contribution in [1.29, 1.82) is 0 Å². The van der Waals surface area contributed by atoms with Crippen LogP contribution < -0.4 is 0 Å². The Kier molecular flexibility index (Phi) is 9.85. The first-order chi connectivity index (χ1) is 14.5. The standard InChI is InChI=1S/C29H46IN/c1-10-14-31-28(24(8)30)13-12-25-17-26(25)21(5)16-19(3)15-20(4)22(6)18-29(9)23(7)27(29)11-2/h11,14-15,18,20-21,24-28H,2,7,10,12-13,16-17H2,1,3-6,8-9H3/b19-15-,22-18+,31-14+/t20?,21?,24-,25?,26?,27?,28?,29?/m0/s1. The van der Waals surface area contributed by atoms with E-state index in [1.807, 2.05) is 6.08 Å². The van der Waals surface area contributed by atoms with Crippen molar-refractivity contribution in [3.05, 3.63) is 48.1 Å². The molecule has 0 spiro atoms.